The molecule has 3 heteroatoms. The first kappa shape index (κ1) is 9.26. The van der Waals surface area contributed by atoms with Gasteiger partial charge in [0.25, 0.3) is 0 Å². The van der Waals surface area contributed by atoms with Gasteiger partial charge in [-0.1, -0.05) is 6.92 Å². The average Bonchev–Trinajstić information content (AvgIpc) is 2.52. The van der Waals surface area contributed by atoms with E-state index in [1.54, 1.807) is 0 Å². The molecular weight excluding hydrogens is 150 g/mol. The van der Waals surface area contributed by atoms with E-state index in [-0.39, 0.29) is 0 Å². The lowest BCUT2D eigenvalue weighted by Crippen LogP contribution is -2.08. The van der Waals surface area contributed by atoms with Crippen LogP contribution in [-0.2, 0) is 12.8 Å². The third-order valence-corrected chi connectivity index (χ3v) is 2.04. The Morgan fingerprint density at radius 3 is 3.08 bits per heavy atom. The number of nitrogens with one attached hydrogen (secondary N) is 2. The highest BCUT2D eigenvalue weighted by Crippen LogP contribution is 2.06. The minimum absolute atomic E-state index is 1.07. The van der Waals surface area contributed by atoms with E-state index in [0.717, 1.165) is 19.4 Å². The van der Waals surface area contributed by atoms with Gasteiger partial charge >= 0.3 is 0 Å². The van der Waals surface area contributed by atoms with Crippen molar-refractivity contribution in [1.29, 1.82) is 0 Å². The fourth-order valence-corrected chi connectivity index (χ4v) is 1.30. The molecule has 0 radical (unpaired) electrons. The SMILES string of the molecule is CCc1cn[nH]c1CCCNC. The summed E-state index contributed by atoms with van der Waals surface area (Å²) in [6, 6.07) is 0. The Kier molecular flexibility index (Phi) is 3.80. The summed E-state index contributed by atoms with van der Waals surface area (Å²) in [5.41, 5.74) is 2.65. The van der Waals surface area contributed by atoms with Crippen molar-refractivity contribution in [2.24, 2.45) is 0 Å². The number of H-pyrrole nitrogens is 1. The number of hydrogen-bond acceptors (Lipinski definition) is 2. The van der Waals surface area contributed by atoms with Crippen LogP contribution in [0.15, 0.2) is 6.20 Å². The van der Waals surface area contributed by atoms with Crippen LogP contribution in [0.4, 0.5) is 0 Å². The van der Waals surface area contributed by atoms with Crippen LogP contribution in [0.5, 0.6) is 0 Å². The summed E-state index contributed by atoms with van der Waals surface area (Å²) >= 11 is 0. The van der Waals surface area contributed by atoms with Gasteiger partial charge < -0.3 is 5.32 Å². The van der Waals surface area contributed by atoms with Crippen molar-refractivity contribution in [1.82, 2.24) is 15.5 Å². The zero-order chi connectivity index (χ0) is 8.81. The molecule has 2 N–H and O–H groups in total. The molecule has 0 unspecified atom stereocenters. The summed E-state index contributed by atoms with van der Waals surface area (Å²) in [6.07, 6.45) is 5.27. The summed E-state index contributed by atoms with van der Waals surface area (Å²) in [7, 11) is 1.98. The van der Waals surface area contributed by atoms with Crippen molar-refractivity contribution in [2.45, 2.75) is 26.2 Å². The van der Waals surface area contributed by atoms with Crippen molar-refractivity contribution < 1.29 is 0 Å². The molecule has 0 amide bonds. The van der Waals surface area contributed by atoms with Crippen LogP contribution in [0.25, 0.3) is 0 Å². The molecule has 0 aromatic carbocycles. The summed E-state index contributed by atoms with van der Waals surface area (Å²) < 4.78 is 0. The van der Waals surface area contributed by atoms with Crippen molar-refractivity contribution in [3.8, 4) is 0 Å². The number of nitrogens with zero attached hydrogens (tertiary/aromatic N) is 1. The number of rotatable bonds is 5. The lowest BCUT2D eigenvalue weighted by Gasteiger charge is -1.99. The van der Waals surface area contributed by atoms with E-state index in [1.165, 1.54) is 17.7 Å². The maximum Gasteiger partial charge on any atom is 0.0522 e. The quantitative estimate of drug-likeness (QED) is 0.645. The predicted molar refractivity (Wildman–Crippen MR) is 50.2 cm³/mol. The Morgan fingerprint density at radius 2 is 2.42 bits per heavy atom. The average molecular weight is 167 g/mol. The normalized spacial score (nSPS) is 10.5. The van der Waals surface area contributed by atoms with Gasteiger partial charge in [-0.2, -0.15) is 5.10 Å². The van der Waals surface area contributed by atoms with Crippen molar-refractivity contribution in [2.75, 3.05) is 13.6 Å². The van der Waals surface area contributed by atoms with Crippen LogP contribution >= 0.6 is 0 Å². The van der Waals surface area contributed by atoms with Crippen LogP contribution in [0.2, 0.25) is 0 Å². The fraction of sp³-hybridized carbons (Fsp3) is 0.667. The van der Waals surface area contributed by atoms with Gasteiger partial charge in [0, 0.05) is 5.69 Å². The minimum Gasteiger partial charge on any atom is -0.320 e. The molecular formula is C9H17N3. The van der Waals surface area contributed by atoms with Crippen molar-refractivity contribution in [3.63, 3.8) is 0 Å². The monoisotopic (exact) mass is 167 g/mol. The van der Waals surface area contributed by atoms with Gasteiger partial charge in [0.2, 0.25) is 0 Å². The number of aryl methyl sites for hydroxylation is 2. The molecule has 1 aromatic heterocycles. The van der Waals surface area contributed by atoms with Gasteiger partial charge in [0.15, 0.2) is 0 Å². The smallest absolute Gasteiger partial charge is 0.0522 e. The fourth-order valence-electron chi connectivity index (χ4n) is 1.30. The molecule has 0 atom stereocenters. The third-order valence-electron chi connectivity index (χ3n) is 2.04. The number of aromatic amines is 1. The van der Waals surface area contributed by atoms with Gasteiger partial charge in [0.1, 0.15) is 0 Å². The second kappa shape index (κ2) is 4.93. The summed E-state index contributed by atoms with van der Waals surface area (Å²) in [5, 5.41) is 10.2. The first-order chi connectivity index (χ1) is 5.88. The molecule has 0 spiro atoms. The van der Waals surface area contributed by atoms with E-state index in [9.17, 15) is 0 Å². The summed E-state index contributed by atoms with van der Waals surface area (Å²) in [5.74, 6) is 0. The van der Waals surface area contributed by atoms with Crippen LogP contribution < -0.4 is 5.32 Å². The highest BCUT2D eigenvalue weighted by Gasteiger charge is 2.01. The Hall–Kier alpha value is -0.830. The second-order valence-electron chi connectivity index (χ2n) is 2.93. The lowest BCUT2D eigenvalue weighted by atomic mass is 10.1. The maximum atomic E-state index is 4.03. The Morgan fingerprint density at radius 1 is 1.58 bits per heavy atom. The molecule has 68 valence electrons. The van der Waals surface area contributed by atoms with Gasteiger partial charge in [-0.25, -0.2) is 0 Å². The summed E-state index contributed by atoms with van der Waals surface area (Å²) in [4.78, 5) is 0. The van der Waals surface area contributed by atoms with Crippen molar-refractivity contribution >= 4 is 0 Å². The second-order valence-corrected chi connectivity index (χ2v) is 2.93. The first-order valence-corrected chi connectivity index (χ1v) is 4.54. The van der Waals surface area contributed by atoms with E-state index in [1.807, 2.05) is 13.2 Å². The Balaban J connectivity index is 2.39. The van der Waals surface area contributed by atoms with Gasteiger partial charge in [-0.15, -0.1) is 0 Å². The van der Waals surface area contributed by atoms with Crippen LogP contribution in [0.3, 0.4) is 0 Å². The Labute approximate surface area is 73.6 Å². The van der Waals surface area contributed by atoms with Gasteiger partial charge in [-0.3, -0.25) is 5.10 Å². The molecule has 1 heterocycles. The van der Waals surface area contributed by atoms with Gasteiger partial charge in [-0.05, 0) is 38.4 Å². The number of hydrogen-bond donors (Lipinski definition) is 2. The molecule has 12 heavy (non-hydrogen) atoms. The zero-order valence-corrected chi connectivity index (χ0v) is 7.85. The Bertz CT molecular complexity index is 217. The van der Waals surface area contributed by atoms with Crippen LogP contribution in [0.1, 0.15) is 24.6 Å². The maximum absolute atomic E-state index is 4.03. The lowest BCUT2D eigenvalue weighted by molar-refractivity contribution is 0.710. The molecule has 3 nitrogen and oxygen atoms in total. The highest BCUT2D eigenvalue weighted by molar-refractivity contribution is 5.15. The highest BCUT2D eigenvalue weighted by atomic mass is 15.1. The van der Waals surface area contributed by atoms with E-state index in [2.05, 4.69) is 22.4 Å². The van der Waals surface area contributed by atoms with E-state index < -0.39 is 0 Å². The molecule has 0 saturated heterocycles. The van der Waals surface area contributed by atoms with Crippen LogP contribution in [-0.4, -0.2) is 23.8 Å². The number of aromatic nitrogens is 2. The zero-order valence-electron chi connectivity index (χ0n) is 7.85. The first-order valence-electron chi connectivity index (χ1n) is 4.54. The molecule has 1 aromatic rings. The van der Waals surface area contributed by atoms with E-state index in [4.69, 9.17) is 0 Å². The molecule has 0 aliphatic carbocycles. The molecule has 0 bridgehead atoms. The molecule has 0 aliphatic rings. The van der Waals surface area contributed by atoms with Crippen molar-refractivity contribution in [3.05, 3.63) is 17.5 Å². The minimum atomic E-state index is 1.07. The topological polar surface area (TPSA) is 40.7 Å². The molecule has 0 fully saturated rings. The molecule has 1 rings (SSSR count). The van der Waals surface area contributed by atoms with E-state index in [0.29, 0.717) is 0 Å². The van der Waals surface area contributed by atoms with Crippen LogP contribution in [0, 0.1) is 0 Å². The van der Waals surface area contributed by atoms with E-state index >= 15 is 0 Å². The summed E-state index contributed by atoms with van der Waals surface area (Å²) in [6.45, 7) is 3.23. The molecule has 0 aliphatic heterocycles. The van der Waals surface area contributed by atoms with Gasteiger partial charge in [0.05, 0.1) is 6.20 Å². The third kappa shape index (κ3) is 2.34. The molecule has 0 saturated carbocycles. The predicted octanol–water partition coefficient (Wildman–Crippen LogP) is 1.12. The largest absolute Gasteiger partial charge is 0.320 e. The standard InChI is InChI=1S/C9H17N3/c1-3-8-7-11-12-9(8)5-4-6-10-2/h7,10H,3-6H2,1-2H3,(H,11,12).